The zero-order chi connectivity index (χ0) is 25.0. The van der Waals surface area contributed by atoms with Crippen LogP contribution in [0.25, 0.3) is 0 Å². The molecule has 2 rings (SSSR count). The molecule has 33 heavy (non-hydrogen) atoms. The summed E-state index contributed by atoms with van der Waals surface area (Å²) in [4.78, 5) is 20.2. The van der Waals surface area contributed by atoms with E-state index in [-0.39, 0.29) is 5.91 Å². The Morgan fingerprint density at radius 1 is 1.15 bits per heavy atom. The Balaban J connectivity index is 0.000000412. The summed E-state index contributed by atoms with van der Waals surface area (Å²) >= 11 is 0. The molecular formula is C26H36F3N3O. The Morgan fingerprint density at radius 2 is 1.70 bits per heavy atom. The molecule has 7 heteroatoms. The minimum absolute atomic E-state index is 0.0194. The topological polar surface area (TPSA) is 35.9 Å². The van der Waals surface area contributed by atoms with Gasteiger partial charge in [0.2, 0.25) is 5.91 Å². The largest absolute Gasteiger partial charge is 0.416 e. The van der Waals surface area contributed by atoms with E-state index in [0.29, 0.717) is 5.92 Å². The van der Waals surface area contributed by atoms with E-state index in [1.165, 1.54) is 18.2 Å². The van der Waals surface area contributed by atoms with E-state index in [4.69, 9.17) is 0 Å². The van der Waals surface area contributed by atoms with Crippen LogP contribution in [0.3, 0.4) is 0 Å². The van der Waals surface area contributed by atoms with Gasteiger partial charge in [0.05, 0.1) is 5.56 Å². The van der Waals surface area contributed by atoms with Gasteiger partial charge in [-0.3, -0.25) is 9.79 Å². The molecule has 1 fully saturated rings. The lowest BCUT2D eigenvalue weighted by Crippen LogP contribution is -2.47. The summed E-state index contributed by atoms with van der Waals surface area (Å²) in [6, 6.07) is 5.05. The molecule has 1 aliphatic rings. The Bertz CT molecular complexity index is 847. The molecule has 1 aromatic rings. The number of amides is 1. The van der Waals surface area contributed by atoms with Gasteiger partial charge in [-0.1, -0.05) is 44.2 Å². The number of alkyl halides is 3. The van der Waals surface area contributed by atoms with Gasteiger partial charge < -0.3 is 9.80 Å². The van der Waals surface area contributed by atoms with Gasteiger partial charge in [-0.25, -0.2) is 0 Å². The third-order valence-electron chi connectivity index (χ3n) is 5.65. The van der Waals surface area contributed by atoms with Gasteiger partial charge in [-0.15, -0.1) is 0 Å². The number of hydrogen-bond acceptors (Lipinski definition) is 3. The van der Waals surface area contributed by atoms with Gasteiger partial charge in [0.1, 0.15) is 0 Å². The predicted octanol–water partition coefficient (Wildman–Crippen LogP) is 6.25. The number of aliphatic imine (C=N–C) groups is 1. The van der Waals surface area contributed by atoms with Crippen molar-refractivity contribution in [2.24, 2.45) is 10.9 Å². The van der Waals surface area contributed by atoms with Crippen molar-refractivity contribution in [1.82, 2.24) is 9.80 Å². The molecule has 0 aromatic heterocycles. The molecule has 1 heterocycles. The number of benzene rings is 1. The van der Waals surface area contributed by atoms with Crippen LogP contribution in [0, 0.1) is 12.8 Å². The lowest BCUT2D eigenvalue weighted by Gasteiger charge is -2.36. The summed E-state index contributed by atoms with van der Waals surface area (Å²) < 4.78 is 35.8. The van der Waals surface area contributed by atoms with Crippen molar-refractivity contribution < 1.29 is 18.0 Å². The summed E-state index contributed by atoms with van der Waals surface area (Å²) in [7, 11) is 0. The lowest BCUT2D eigenvalue weighted by molar-refractivity contribution is -0.137. The first kappa shape index (κ1) is 28.2. The second-order valence-corrected chi connectivity index (χ2v) is 7.99. The van der Waals surface area contributed by atoms with Crippen molar-refractivity contribution in [3.05, 3.63) is 72.1 Å². The van der Waals surface area contributed by atoms with Gasteiger partial charge in [-0.05, 0) is 57.4 Å². The molecule has 182 valence electrons. The molecule has 1 aromatic carbocycles. The van der Waals surface area contributed by atoms with E-state index in [0.717, 1.165) is 61.7 Å². The monoisotopic (exact) mass is 463 g/mol. The van der Waals surface area contributed by atoms with Crippen molar-refractivity contribution in [2.75, 3.05) is 26.2 Å². The number of nitrogens with zero attached hydrogens (tertiary/aromatic N) is 3. The summed E-state index contributed by atoms with van der Waals surface area (Å²) in [5, 5.41) is 0. The normalized spacial score (nSPS) is 16.4. The van der Waals surface area contributed by atoms with Gasteiger partial charge >= 0.3 is 6.18 Å². The summed E-state index contributed by atoms with van der Waals surface area (Å²) in [6.45, 7) is 16.9. The first-order valence-corrected chi connectivity index (χ1v) is 11.2. The van der Waals surface area contributed by atoms with Crippen molar-refractivity contribution in [2.45, 2.75) is 47.2 Å². The van der Waals surface area contributed by atoms with E-state index in [9.17, 15) is 18.0 Å². The van der Waals surface area contributed by atoms with Gasteiger partial charge in [0.15, 0.2) is 0 Å². The Kier molecular flexibility index (Phi) is 11.7. The number of carbonyl (C=O) groups is 1. The van der Waals surface area contributed by atoms with Crippen LogP contribution in [0.1, 0.15) is 45.2 Å². The van der Waals surface area contributed by atoms with Crippen LogP contribution in [0.2, 0.25) is 0 Å². The Hall–Kier alpha value is -2.83. The molecule has 4 nitrogen and oxygen atoms in total. The van der Waals surface area contributed by atoms with Gasteiger partial charge in [-0.2, -0.15) is 13.2 Å². The van der Waals surface area contributed by atoms with Crippen LogP contribution in [0.5, 0.6) is 0 Å². The fourth-order valence-electron chi connectivity index (χ4n) is 3.09. The number of carbonyl (C=O) groups excluding carboxylic acids is 1. The maximum Gasteiger partial charge on any atom is 0.416 e. The second-order valence-electron chi connectivity index (χ2n) is 7.99. The second kappa shape index (κ2) is 13.7. The highest BCUT2D eigenvalue weighted by Gasteiger charge is 2.29. The van der Waals surface area contributed by atoms with E-state index < -0.39 is 11.7 Å². The maximum absolute atomic E-state index is 11.9. The Labute approximate surface area is 196 Å². The van der Waals surface area contributed by atoms with Gasteiger partial charge in [0, 0.05) is 43.8 Å². The molecule has 0 bridgehead atoms. The van der Waals surface area contributed by atoms with Crippen LogP contribution < -0.4 is 0 Å². The van der Waals surface area contributed by atoms with E-state index in [2.05, 4.69) is 49.4 Å². The van der Waals surface area contributed by atoms with E-state index >= 15 is 0 Å². The summed E-state index contributed by atoms with van der Waals surface area (Å²) in [5.74, 6) is 0.540. The average molecular weight is 464 g/mol. The molecule has 1 unspecified atom stereocenters. The third kappa shape index (κ3) is 9.68. The van der Waals surface area contributed by atoms with Crippen LogP contribution in [-0.2, 0) is 11.0 Å². The first-order valence-electron chi connectivity index (χ1n) is 11.2. The third-order valence-corrected chi connectivity index (χ3v) is 5.65. The molecule has 1 aliphatic heterocycles. The molecule has 0 spiro atoms. The number of allylic oxidation sites excluding steroid dienone is 2. The summed E-state index contributed by atoms with van der Waals surface area (Å²) in [5.41, 5.74) is 2.56. The molecule has 0 saturated carbocycles. The minimum Gasteiger partial charge on any atom is -0.368 e. The van der Waals surface area contributed by atoms with Crippen LogP contribution in [-0.4, -0.2) is 47.6 Å². The van der Waals surface area contributed by atoms with Crippen molar-refractivity contribution in [3.8, 4) is 0 Å². The molecule has 1 atom stereocenters. The SMILES string of the molecule is C=CC(=O)N1CCN(C(=CC)/C=C\N=C(C)C(C)CC)CC1.Cc1ccc(C(F)(F)F)cc1. The van der Waals surface area contributed by atoms with Gasteiger partial charge in [0.25, 0.3) is 0 Å². The van der Waals surface area contributed by atoms with Crippen LogP contribution in [0.4, 0.5) is 13.2 Å². The zero-order valence-corrected chi connectivity index (χ0v) is 20.3. The molecule has 0 radical (unpaired) electrons. The highest BCUT2D eigenvalue weighted by atomic mass is 19.4. The fraction of sp³-hybridized carbons (Fsp3) is 0.462. The van der Waals surface area contributed by atoms with Crippen molar-refractivity contribution in [3.63, 3.8) is 0 Å². The highest BCUT2D eigenvalue weighted by Crippen LogP contribution is 2.28. The Morgan fingerprint density at radius 3 is 2.15 bits per heavy atom. The number of halogens is 3. The molecule has 1 amide bonds. The summed E-state index contributed by atoms with van der Waals surface area (Å²) in [6.07, 6.45) is 4.32. The quantitative estimate of drug-likeness (QED) is 0.284. The number of aryl methyl sites for hydroxylation is 1. The van der Waals surface area contributed by atoms with Crippen molar-refractivity contribution in [1.29, 1.82) is 0 Å². The van der Waals surface area contributed by atoms with E-state index in [1.54, 1.807) is 6.92 Å². The highest BCUT2D eigenvalue weighted by molar-refractivity contribution is 5.87. The average Bonchev–Trinajstić information content (AvgIpc) is 2.81. The van der Waals surface area contributed by atoms with Crippen LogP contribution in [0.15, 0.2) is 66.0 Å². The molecule has 0 aliphatic carbocycles. The molecular weight excluding hydrogens is 427 g/mol. The zero-order valence-electron chi connectivity index (χ0n) is 20.3. The first-order chi connectivity index (χ1) is 15.5. The standard InChI is InChI=1S/C18H29N3O.C8H7F3/c1-6-15(4)16(5)19-10-9-17(7-2)20-11-13-21(14-12-20)18(22)8-3;1-6-2-4-7(5-3-6)8(9,10)11/h7-10,15H,3,6,11-14H2,1-2,4-5H3;2-5H,1H3/b10-9-,17-7?,19-16?;. The number of rotatable bonds is 6. The smallest absolute Gasteiger partial charge is 0.368 e. The molecule has 1 saturated heterocycles. The maximum atomic E-state index is 11.9. The number of hydrogen-bond donors (Lipinski definition) is 0. The number of piperazine rings is 1. The predicted molar refractivity (Wildman–Crippen MR) is 130 cm³/mol. The lowest BCUT2D eigenvalue weighted by atomic mass is 10.0. The van der Waals surface area contributed by atoms with Crippen molar-refractivity contribution >= 4 is 11.6 Å². The fourth-order valence-corrected chi connectivity index (χ4v) is 3.09. The molecule has 0 N–H and O–H groups in total. The minimum atomic E-state index is -4.21. The van der Waals surface area contributed by atoms with Crippen LogP contribution >= 0.6 is 0 Å². The van der Waals surface area contributed by atoms with E-state index in [1.807, 2.05) is 18.0 Å².